The van der Waals surface area contributed by atoms with Crippen molar-refractivity contribution in [1.29, 1.82) is 0 Å². The van der Waals surface area contributed by atoms with Crippen LogP contribution in [-0.4, -0.2) is 58.9 Å². The summed E-state index contributed by atoms with van der Waals surface area (Å²) in [7, 11) is 0. The first kappa shape index (κ1) is 19.4. The Balaban J connectivity index is 4.30. The van der Waals surface area contributed by atoms with E-state index in [1.165, 1.54) is 4.90 Å². The van der Waals surface area contributed by atoms with Gasteiger partial charge in [0.05, 0.1) is 0 Å². The number of aliphatic carboxylic acids is 1. The second kappa shape index (κ2) is 10.2. The highest BCUT2D eigenvalue weighted by atomic mass is 16.4. The van der Waals surface area contributed by atoms with Crippen molar-refractivity contribution in [2.45, 2.75) is 47.0 Å². The number of rotatable bonds is 10. The van der Waals surface area contributed by atoms with Gasteiger partial charge >= 0.3 is 5.97 Å². The zero-order chi connectivity index (χ0) is 16.4. The van der Waals surface area contributed by atoms with Gasteiger partial charge < -0.3 is 14.9 Å². The summed E-state index contributed by atoms with van der Waals surface area (Å²) in [5.41, 5.74) is 0. The van der Waals surface area contributed by atoms with E-state index in [1.807, 2.05) is 27.7 Å². The maximum atomic E-state index is 12.0. The van der Waals surface area contributed by atoms with E-state index >= 15 is 0 Å². The van der Waals surface area contributed by atoms with E-state index in [1.54, 1.807) is 4.90 Å². The lowest BCUT2D eigenvalue weighted by atomic mass is 10.1. The highest BCUT2D eigenvalue weighted by Crippen LogP contribution is 2.06. The Hall–Kier alpha value is -1.59. The number of nitrogens with zero attached hydrogens (tertiary/aromatic N) is 2. The molecule has 0 saturated carbocycles. The van der Waals surface area contributed by atoms with Crippen LogP contribution in [0.3, 0.4) is 0 Å². The van der Waals surface area contributed by atoms with Crippen LogP contribution in [0, 0.1) is 5.92 Å². The molecule has 0 saturated heterocycles. The molecule has 0 aromatic heterocycles. The Labute approximate surface area is 127 Å². The highest BCUT2D eigenvalue weighted by molar-refractivity contribution is 5.82. The smallest absolute Gasteiger partial charge is 0.323 e. The van der Waals surface area contributed by atoms with E-state index in [9.17, 15) is 14.4 Å². The third-order valence-corrected chi connectivity index (χ3v) is 3.16. The molecule has 0 unspecified atom stereocenters. The molecule has 0 spiro atoms. The van der Waals surface area contributed by atoms with Crippen LogP contribution in [0.25, 0.3) is 0 Å². The maximum Gasteiger partial charge on any atom is 0.323 e. The van der Waals surface area contributed by atoms with E-state index in [4.69, 9.17) is 5.11 Å². The van der Waals surface area contributed by atoms with Crippen molar-refractivity contribution in [3.05, 3.63) is 0 Å². The first-order chi connectivity index (χ1) is 9.81. The molecule has 2 amide bonds. The maximum absolute atomic E-state index is 12.0. The van der Waals surface area contributed by atoms with Crippen molar-refractivity contribution >= 4 is 17.8 Å². The van der Waals surface area contributed by atoms with Crippen LogP contribution in [0.15, 0.2) is 0 Å². The molecular formula is C15H28N2O4. The van der Waals surface area contributed by atoms with Gasteiger partial charge in [0.2, 0.25) is 11.8 Å². The van der Waals surface area contributed by atoms with E-state index in [-0.39, 0.29) is 30.7 Å². The summed E-state index contributed by atoms with van der Waals surface area (Å²) in [5, 5.41) is 8.84. The van der Waals surface area contributed by atoms with Crippen molar-refractivity contribution in [2.24, 2.45) is 5.92 Å². The summed E-state index contributed by atoms with van der Waals surface area (Å²) >= 11 is 0. The fourth-order valence-electron chi connectivity index (χ4n) is 2.14. The van der Waals surface area contributed by atoms with Crippen LogP contribution < -0.4 is 0 Å². The Morgan fingerprint density at radius 2 is 1.43 bits per heavy atom. The molecule has 6 heteroatoms. The average Bonchev–Trinajstić information content (AvgIpc) is 2.38. The van der Waals surface area contributed by atoms with Crippen molar-refractivity contribution < 1.29 is 19.5 Å². The molecule has 122 valence electrons. The van der Waals surface area contributed by atoms with Gasteiger partial charge in [0.1, 0.15) is 6.54 Å². The minimum atomic E-state index is -1.01. The highest BCUT2D eigenvalue weighted by Gasteiger charge is 2.18. The second-order valence-corrected chi connectivity index (χ2v) is 5.48. The SMILES string of the molecule is CCN(CC)C(=O)CCCC(=O)N(CC(=O)O)CC(C)C. The number of carboxylic acids is 1. The van der Waals surface area contributed by atoms with Crippen molar-refractivity contribution in [3.8, 4) is 0 Å². The molecule has 0 rings (SSSR count). The third-order valence-electron chi connectivity index (χ3n) is 3.16. The molecule has 0 aliphatic rings. The van der Waals surface area contributed by atoms with Gasteiger partial charge in [0, 0.05) is 32.5 Å². The number of carbonyl (C=O) groups excluding carboxylic acids is 2. The van der Waals surface area contributed by atoms with Crippen molar-refractivity contribution in [1.82, 2.24) is 9.80 Å². The fourth-order valence-corrected chi connectivity index (χ4v) is 2.14. The quantitative estimate of drug-likeness (QED) is 0.664. The second-order valence-electron chi connectivity index (χ2n) is 5.48. The minimum Gasteiger partial charge on any atom is -0.480 e. The first-order valence-electron chi connectivity index (χ1n) is 7.59. The van der Waals surface area contributed by atoms with Gasteiger partial charge in [-0.15, -0.1) is 0 Å². The monoisotopic (exact) mass is 300 g/mol. The summed E-state index contributed by atoms with van der Waals surface area (Å²) in [6.45, 7) is 9.20. The number of carbonyl (C=O) groups is 3. The average molecular weight is 300 g/mol. The predicted molar refractivity (Wildman–Crippen MR) is 80.8 cm³/mol. The zero-order valence-corrected chi connectivity index (χ0v) is 13.6. The van der Waals surface area contributed by atoms with Gasteiger partial charge in [-0.3, -0.25) is 14.4 Å². The van der Waals surface area contributed by atoms with Crippen LogP contribution in [-0.2, 0) is 14.4 Å². The lowest BCUT2D eigenvalue weighted by Crippen LogP contribution is -2.38. The fraction of sp³-hybridized carbons (Fsp3) is 0.800. The molecular weight excluding hydrogens is 272 g/mol. The number of hydrogen-bond acceptors (Lipinski definition) is 3. The topological polar surface area (TPSA) is 77.9 Å². The third kappa shape index (κ3) is 8.32. The molecule has 1 N–H and O–H groups in total. The molecule has 0 aliphatic carbocycles. The molecule has 0 radical (unpaired) electrons. The van der Waals surface area contributed by atoms with Gasteiger partial charge in [-0.05, 0) is 26.2 Å². The molecule has 6 nitrogen and oxygen atoms in total. The van der Waals surface area contributed by atoms with Crippen LogP contribution in [0.2, 0.25) is 0 Å². The molecule has 21 heavy (non-hydrogen) atoms. The van der Waals surface area contributed by atoms with Crippen molar-refractivity contribution in [2.75, 3.05) is 26.2 Å². The van der Waals surface area contributed by atoms with Gasteiger partial charge in [0.25, 0.3) is 0 Å². The lowest BCUT2D eigenvalue weighted by molar-refractivity contribution is -0.145. The Morgan fingerprint density at radius 3 is 1.81 bits per heavy atom. The van der Waals surface area contributed by atoms with Gasteiger partial charge in [0.15, 0.2) is 0 Å². The summed E-state index contributed by atoms with van der Waals surface area (Å²) in [4.78, 5) is 37.7. The Kier molecular flexibility index (Phi) is 9.41. The van der Waals surface area contributed by atoms with Gasteiger partial charge in [-0.1, -0.05) is 13.8 Å². The van der Waals surface area contributed by atoms with Crippen LogP contribution in [0.4, 0.5) is 0 Å². The summed E-state index contributed by atoms with van der Waals surface area (Å²) in [5.74, 6) is -0.950. The number of carboxylic acid groups (broad SMARTS) is 1. The van der Waals surface area contributed by atoms with E-state index in [0.29, 0.717) is 32.5 Å². The van der Waals surface area contributed by atoms with E-state index in [2.05, 4.69) is 0 Å². The molecule has 0 fully saturated rings. The Morgan fingerprint density at radius 1 is 0.952 bits per heavy atom. The summed E-state index contributed by atoms with van der Waals surface area (Å²) in [6, 6.07) is 0. The van der Waals surface area contributed by atoms with Gasteiger partial charge in [-0.2, -0.15) is 0 Å². The van der Waals surface area contributed by atoms with E-state index < -0.39 is 5.97 Å². The molecule has 0 aliphatic heterocycles. The van der Waals surface area contributed by atoms with Crippen LogP contribution in [0.1, 0.15) is 47.0 Å². The molecule has 0 heterocycles. The molecule has 0 atom stereocenters. The molecule has 0 aromatic carbocycles. The summed E-state index contributed by atoms with van der Waals surface area (Å²) in [6.07, 6.45) is 1.01. The van der Waals surface area contributed by atoms with Crippen molar-refractivity contribution in [3.63, 3.8) is 0 Å². The standard InChI is InChI=1S/C15H28N2O4/c1-5-16(6-2)13(18)8-7-9-14(19)17(10-12(3)4)11-15(20)21/h12H,5-11H2,1-4H3,(H,20,21). The van der Waals surface area contributed by atoms with Crippen LogP contribution in [0.5, 0.6) is 0 Å². The number of amides is 2. The first-order valence-corrected chi connectivity index (χ1v) is 7.59. The Bertz CT molecular complexity index is 352. The number of hydrogen-bond donors (Lipinski definition) is 1. The molecule has 0 aromatic rings. The van der Waals surface area contributed by atoms with E-state index in [0.717, 1.165) is 0 Å². The largest absolute Gasteiger partial charge is 0.480 e. The minimum absolute atomic E-state index is 0.0430. The summed E-state index contributed by atoms with van der Waals surface area (Å²) < 4.78 is 0. The molecule has 0 bridgehead atoms. The lowest BCUT2D eigenvalue weighted by Gasteiger charge is -2.23. The predicted octanol–water partition coefficient (Wildman–Crippen LogP) is 1.59. The van der Waals surface area contributed by atoms with Crippen LogP contribution >= 0.6 is 0 Å². The normalized spacial score (nSPS) is 10.5. The van der Waals surface area contributed by atoms with Gasteiger partial charge in [-0.25, -0.2) is 0 Å². The zero-order valence-electron chi connectivity index (χ0n) is 13.6.